The number of benzene rings is 2. The molecule has 3 aromatic rings. The first-order valence-electron chi connectivity index (χ1n) is 8.72. The number of hydrogen-bond donors (Lipinski definition) is 2. The lowest BCUT2D eigenvalue weighted by Gasteiger charge is -2.17. The van der Waals surface area contributed by atoms with Crippen LogP contribution < -0.4 is 10.6 Å². The molecule has 1 heterocycles. The molecule has 2 amide bonds. The highest BCUT2D eigenvalue weighted by Crippen LogP contribution is 2.48. The standard InChI is InChI=1S/C21H18ClN3O2/c1-13-7-8-15(22)12-17(13)25-20(27)21(9-10-21)19(26)24-16-6-2-4-14-5-3-11-23-18(14)16/h2-8,11-12H,9-10H2,1H3,(H,24,26)(H,25,27). The normalized spacial score (nSPS) is 14.6. The third-order valence-corrected chi connectivity index (χ3v) is 5.18. The molecule has 0 aliphatic heterocycles. The lowest BCUT2D eigenvalue weighted by Crippen LogP contribution is -2.35. The number of nitrogens with one attached hydrogen (secondary N) is 2. The number of amides is 2. The van der Waals surface area contributed by atoms with Gasteiger partial charge in [-0.3, -0.25) is 14.6 Å². The maximum absolute atomic E-state index is 12.9. The molecular formula is C21H18ClN3O2. The smallest absolute Gasteiger partial charge is 0.240 e. The first kappa shape index (κ1) is 17.5. The Kier molecular flexibility index (Phi) is 4.32. The second-order valence-electron chi connectivity index (χ2n) is 6.83. The summed E-state index contributed by atoms with van der Waals surface area (Å²) in [6.45, 7) is 1.88. The van der Waals surface area contributed by atoms with Gasteiger partial charge in [-0.1, -0.05) is 35.9 Å². The zero-order valence-electron chi connectivity index (χ0n) is 14.8. The van der Waals surface area contributed by atoms with E-state index in [9.17, 15) is 9.59 Å². The van der Waals surface area contributed by atoms with Gasteiger partial charge in [0.25, 0.3) is 0 Å². The van der Waals surface area contributed by atoms with Crippen molar-refractivity contribution in [3.8, 4) is 0 Å². The molecule has 0 unspecified atom stereocenters. The molecule has 1 fully saturated rings. The Labute approximate surface area is 161 Å². The van der Waals surface area contributed by atoms with Gasteiger partial charge in [0.15, 0.2) is 0 Å². The molecule has 1 aliphatic carbocycles. The van der Waals surface area contributed by atoms with Gasteiger partial charge < -0.3 is 10.6 Å². The Morgan fingerprint density at radius 1 is 1.00 bits per heavy atom. The fourth-order valence-electron chi connectivity index (χ4n) is 3.10. The summed E-state index contributed by atoms with van der Waals surface area (Å²) >= 11 is 6.02. The minimum absolute atomic E-state index is 0.307. The van der Waals surface area contributed by atoms with Crippen LogP contribution in [0.2, 0.25) is 5.02 Å². The van der Waals surface area contributed by atoms with Gasteiger partial charge in [-0.25, -0.2) is 0 Å². The molecule has 1 aliphatic rings. The number of fused-ring (bicyclic) bond motifs is 1. The van der Waals surface area contributed by atoms with E-state index in [0.29, 0.717) is 34.8 Å². The van der Waals surface area contributed by atoms with Crippen molar-refractivity contribution in [3.63, 3.8) is 0 Å². The van der Waals surface area contributed by atoms with Gasteiger partial charge in [-0.2, -0.15) is 0 Å². The Morgan fingerprint density at radius 2 is 1.70 bits per heavy atom. The van der Waals surface area contributed by atoms with Crippen LogP contribution in [0.15, 0.2) is 54.7 Å². The van der Waals surface area contributed by atoms with Crippen LogP contribution in [0.3, 0.4) is 0 Å². The van der Waals surface area contributed by atoms with E-state index in [0.717, 1.165) is 10.9 Å². The van der Waals surface area contributed by atoms with Crippen molar-refractivity contribution in [2.45, 2.75) is 19.8 Å². The summed E-state index contributed by atoms with van der Waals surface area (Å²) in [4.78, 5) is 30.1. The van der Waals surface area contributed by atoms with E-state index in [1.54, 1.807) is 24.4 Å². The molecule has 0 spiro atoms. The molecular weight excluding hydrogens is 362 g/mol. The van der Waals surface area contributed by atoms with Gasteiger partial charge in [0.2, 0.25) is 11.8 Å². The summed E-state index contributed by atoms with van der Waals surface area (Å²) in [7, 11) is 0. The van der Waals surface area contributed by atoms with Gasteiger partial charge in [0.05, 0.1) is 11.2 Å². The Hall–Kier alpha value is -2.92. The topological polar surface area (TPSA) is 71.1 Å². The van der Waals surface area contributed by atoms with E-state index in [2.05, 4.69) is 15.6 Å². The minimum atomic E-state index is -1.05. The van der Waals surface area contributed by atoms with E-state index in [4.69, 9.17) is 11.6 Å². The van der Waals surface area contributed by atoms with E-state index in [1.165, 1.54) is 0 Å². The van der Waals surface area contributed by atoms with Gasteiger partial charge in [0.1, 0.15) is 5.41 Å². The summed E-state index contributed by atoms with van der Waals surface area (Å²) in [5.74, 6) is -0.614. The largest absolute Gasteiger partial charge is 0.325 e. The quantitative estimate of drug-likeness (QED) is 0.653. The minimum Gasteiger partial charge on any atom is -0.325 e. The number of carbonyl (C=O) groups excluding carboxylic acids is 2. The zero-order chi connectivity index (χ0) is 19.0. The van der Waals surface area contributed by atoms with Crippen LogP contribution >= 0.6 is 11.6 Å². The van der Waals surface area contributed by atoms with Crippen LogP contribution in [0.1, 0.15) is 18.4 Å². The SMILES string of the molecule is Cc1ccc(Cl)cc1NC(=O)C1(C(=O)Nc2cccc3cccnc23)CC1. The number of nitrogens with zero attached hydrogens (tertiary/aromatic N) is 1. The summed E-state index contributed by atoms with van der Waals surface area (Å²) in [6.07, 6.45) is 2.71. The predicted molar refractivity (Wildman–Crippen MR) is 107 cm³/mol. The number of pyridine rings is 1. The van der Waals surface area contributed by atoms with Crippen LogP contribution in [0.4, 0.5) is 11.4 Å². The first-order valence-corrected chi connectivity index (χ1v) is 9.10. The summed E-state index contributed by atoms with van der Waals surface area (Å²) in [5.41, 5.74) is 1.78. The van der Waals surface area contributed by atoms with E-state index < -0.39 is 5.41 Å². The number of anilines is 2. The molecule has 1 aromatic heterocycles. The molecule has 136 valence electrons. The van der Waals surface area contributed by atoms with Crippen LogP contribution in [0.5, 0.6) is 0 Å². The highest BCUT2D eigenvalue weighted by atomic mass is 35.5. The summed E-state index contributed by atoms with van der Waals surface area (Å²) in [5, 5.41) is 7.21. The van der Waals surface area contributed by atoms with Crippen molar-refractivity contribution < 1.29 is 9.59 Å². The monoisotopic (exact) mass is 379 g/mol. The fraction of sp³-hybridized carbons (Fsp3) is 0.190. The second-order valence-corrected chi connectivity index (χ2v) is 7.27. The lowest BCUT2D eigenvalue weighted by atomic mass is 10.0. The van der Waals surface area contributed by atoms with Crippen LogP contribution in [-0.4, -0.2) is 16.8 Å². The molecule has 27 heavy (non-hydrogen) atoms. The zero-order valence-corrected chi connectivity index (χ0v) is 15.5. The molecule has 1 saturated carbocycles. The molecule has 5 nitrogen and oxygen atoms in total. The van der Waals surface area contributed by atoms with Crippen molar-refractivity contribution in [1.29, 1.82) is 0 Å². The summed E-state index contributed by atoms with van der Waals surface area (Å²) < 4.78 is 0. The maximum Gasteiger partial charge on any atom is 0.240 e. The molecule has 2 N–H and O–H groups in total. The van der Waals surface area contributed by atoms with Crippen LogP contribution in [0.25, 0.3) is 10.9 Å². The van der Waals surface area contributed by atoms with Gasteiger partial charge in [-0.15, -0.1) is 0 Å². The van der Waals surface area contributed by atoms with Crippen molar-refractivity contribution in [1.82, 2.24) is 4.98 Å². The molecule has 4 rings (SSSR count). The average molecular weight is 380 g/mol. The first-order chi connectivity index (χ1) is 13.0. The van der Waals surface area contributed by atoms with Crippen molar-refractivity contribution in [2.24, 2.45) is 5.41 Å². The highest BCUT2D eigenvalue weighted by Gasteiger charge is 2.56. The number of hydrogen-bond acceptors (Lipinski definition) is 3. The van der Waals surface area contributed by atoms with E-state index in [1.807, 2.05) is 37.3 Å². The Morgan fingerprint density at radius 3 is 2.44 bits per heavy atom. The number of rotatable bonds is 4. The second kappa shape index (κ2) is 6.67. The number of halogens is 1. The summed E-state index contributed by atoms with van der Waals surface area (Å²) in [6, 6.07) is 14.6. The van der Waals surface area contributed by atoms with Crippen LogP contribution in [-0.2, 0) is 9.59 Å². The van der Waals surface area contributed by atoms with Crippen molar-refractivity contribution in [3.05, 3.63) is 65.3 Å². The molecule has 2 aromatic carbocycles. The van der Waals surface area contributed by atoms with Gasteiger partial charge >= 0.3 is 0 Å². The maximum atomic E-state index is 12.9. The molecule has 0 radical (unpaired) electrons. The Balaban J connectivity index is 1.56. The van der Waals surface area contributed by atoms with Crippen molar-refractivity contribution >= 4 is 45.7 Å². The number of carbonyl (C=O) groups is 2. The molecule has 6 heteroatoms. The van der Waals surface area contributed by atoms with Gasteiger partial charge in [0, 0.05) is 22.3 Å². The fourth-order valence-corrected chi connectivity index (χ4v) is 3.27. The number of para-hydroxylation sites is 1. The average Bonchev–Trinajstić information content (AvgIpc) is 3.47. The Bertz CT molecular complexity index is 1050. The van der Waals surface area contributed by atoms with E-state index >= 15 is 0 Å². The predicted octanol–water partition coefficient (Wildman–Crippen LogP) is 4.55. The highest BCUT2D eigenvalue weighted by molar-refractivity contribution is 6.31. The third-order valence-electron chi connectivity index (χ3n) is 4.95. The van der Waals surface area contributed by atoms with E-state index in [-0.39, 0.29) is 11.8 Å². The van der Waals surface area contributed by atoms with Gasteiger partial charge in [-0.05, 0) is 49.6 Å². The number of aromatic nitrogens is 1. The third kappa shape index (κ3) is 3.26. The van der Waals surface area contributed by atoms with Crippen LogP contribution in [0, 0.1) is 12.3 Å². The number of aryl methyl sites for hydroxylation is 1. The molecule has 0 saturated heterocycles. The van der Waals surface area contributed by atoms with Crippen molar-refractivity contribution in [2.75, 3.05) is 10.6 Å². The molecule has 0 atom stereocenters. The lowest BCUT2D eigenvalue weighted by molar-refractivity contribution is -0.131. The molecule has 0 bridgehead atoms.